The van der Waals surface area contributed by atoms with Gasteiger partial charge in [0.05, 0.1) is 11.3 Å². The number of hydrogen-bond donors (Lipinski definition) is 2. The molecule has 1 fully saturated rings. The zero-order valence-electron chi connectivity index (χ0n) is 17.4. The van der Waals surface area contributed by atoms with E-state index >= 15 is 0 Å². The first-order valence-electron chi connectivity index (χ1n) is 10.4. The van der Waals surface area contributed by atoms with E-state index in [1.165, 1.54) is 28.6 Å². The van der Waals surface area contributed by atoms with Gasteiger partial charge in [-0.05, 0) is 60.9 Å². The molecule has 8 nitrogen and oxygen atoms in total. The lowest BCUT2D eigenvalue weighted by atomic mass is 10.1. The molecule has 2 heterocycles. The zero-order valence-corrected chi connectivity index (χ0v) is 18.2. The van der Waals surface area contributed by atoms with Crippen molar-refractivity contribution in [2.24, 2.45) is 0 Å². The van der Waals surface area contributed by atoms with Gasteiger partial charge in [-0.1, -0.05) is 18.2 Å². The summed E-state index contributed by atoms with van der Waals surface area (Å²) in [7, 11) is -3.62. The molecule has 0 unspecified atom stereocenters. The van der Waals surface area contributed by atoms with E-state index in [1.54, 1.807) is 0 Å². The molecule has 32 heavy (non-hydrogen) atoms. The summed E-state index contributed by atoms with van der Waals surface area (Å²) in [6, 6.07) is 17.2. The number of nitrogens with one attached hydrogen (secondary N) is 2. The van der Waals surface area contributed by atoms with Gasteiger partial charge < -0.3 is 4.57 Å². The summed E-state index contributed by atoms with van der Waals surface area (Å²) in [6.45, 7) is 0.975. The molecule has 0 atom stereocenters. The summed E-state index contributed by atoms with van der Waals surface area (Å²) in [5.41, 5.74) is 6.67. The van der Waals surface area contributed by atoms with Crippen molar-refractivity contribution in [2.75, 3.05) is 13.1 Å². The standard InChI is InChI=1S/C23H24N4O4S/c28-22(16-18-8-10-20(11-9-18)26-12-1-2-13-26)24-25-23(29)19-6-5-7-21(17-19)32(30,31)27-14-3-4-15-27/h1-2,5-13,17H,3-4,14-16H2,(H,24,28)(H,25,29). The molecular weight excluding hydrogens is 428 g/mol. The van der Waals surface area contributed by atoms with Gasteiger partial charge in [0, 0.05) is 36.7 Å². The normalized spacial score (nSPS) is 14.2. The Labute approximate surface area is 186 Å². The number of aromatic nitrogens is 1. The molecule has 2 aromatic carbocycles. The molecule has 0 radical (unpaired) electrons. The number of nitrogens with zero attached hydrogens (tertiary/aromatic N) is 2. The van der Waals surface area contributed by atoms with Gasteiger partial charge in [-0.3, -0.25) is 20.4 Å². The van der Waals surface area contributed by atoms with Crippen LogP contribution in [-0.2, 0) is 21.2 Å². The molecule has 2 amide bonds. The Morgan fingerprint density at radius 1 is 0.875 bits per heavy atom. The van der Waals surface area contributed by atoms with E-state index in [-0.39, 0.29) is 22.8 Å². The van der Waals surface area contributed by atoms with Crippen LogP contribution in [0.3, 0.4) is 0 Å². The molecule has 0 spiro atoms. The molecular formula is C23H24N4O4S. The summed E-state index contributed by atoms with van der Waals surface area (Å²) in [5, 5.41) is 0. The summed E-state index contributed by atoms with van der Waals surface area (Å²) >= 11 is 0. The largest absolute Gasteiger partial charge is 0.324 e. The van der Waals surface area contributed by atoms with Gasteiger partial charge in [-0.15, -0.1) is 0 Å². The SMILES string of the molecule is O=C(Cc1ccc(-n2cccc2)cc1)NNC(=O)c1cccc(S(=O)(=O)N2CCCC2)c1. The molecule has 0 aliphatic carbocycles. The number of benzene rings is 2. The molecule has 1 aromatic heterocycles. The smallest absolute Gasteiger partial charge is 0.269 e. The van der Waals surface area contributed by atoms with E-state index in [1.807, 2.05) is 53.4 Å². The molecule has 1 aliphatic rings. The Morgan fingerprint density at radius 3 is 2.25 bits per heavy atom. The predicted octanol–water partition coefficient (Wildman–Crippen LogP) is 2.27. The second kappa shape index (κ2) is 9.37. The van der Waals surface area contributed by atoms with E-state index in [0.29, 0.717) is 13.1 Å². The highest BCUT2D eigenvalue weighted by molar-refractivity contribution is 7.89. The summed E-state index contributed by atoms with van der Waals surface area (Å²) in [6.07, 6.45) is 5.63. The third kappa shape index (κ3) is 4.90. The number of hydrazine groups is 1. The second-order valence-electron chi connectivity index (χ2n) is 7.57. The minimum absolute atomic E-state index is 0.0705. The lowest BCUT2D eigenvalue weighted by Gasteiger charge is -2.16. The van der Waals surface area contributed by atoms with Crippen LogP contribution in [0.15, 0.2) is 78.0 Å². The van der Waals surface area contributed by atoms with Gasteiger partial charge >= 0.3 is 0 Å². The number of carbonyl (C=O) groups is 2. The minimum Gasteiger partial charge on any atom is -0.324 e. The number of carbonyl (C=O) groups excluding carboxylic acids is 2. The summed E-state index contributed by atoms with van der Waals surface area (Å²) < 4.78 is 28.8. The minimum atomic E-state index is -3.62. The second-order valence-corrected chi connectivity index (χ2v) is 9.51. The Hall–Kier alpha value is -3.43. The quantitative estimate of drug-likeness (QED) is 0.561. The molecule has 166 valence electrons. The summed E-state index contributed by atoms with van der Waals surface area (Å²) in [4.78, 5) is 24.7. The van der Waals surface area contributed by atoms with Gasteiger partial charge in [0.2, 0.25) is 15.9 Å². The highest BCUT2D eigenvalue weighted by Gasteiger charge is 2.27. The van der Waals surface area contributed by atoms with Crippen LogP contribution in [0.1, 0.15) is 28.8 Å². The molecule has 1 aliphatic heterocycles. The van der Waals surface area contributed by atoms with Gasteiger partial charge in [-0.25, -0.2) is 8.42 Å². The van der Waals surface area contributed by atoms with E-state index in [9.17, 15) is 18.0 Å². The lowest BCUT2D eigenvalue weighted by Crippen LogP contribution is -2.42. The van der Waals surface area contributed by atoms with Crippen LogP contribution in [0.4, 0.5) is 0 Å². The molecule has 2 N–H and O–H groups in total. The van der Waals surface area contributed by atoms with Gasteiger partial charge in [0.15, 0.2) is 0 Å². The molecule has 0 bridgehead atoms. The predicted molar refractivity (Wildman–Crippen MR) is 120 cm³/mol. The van der Waals surface area contributed by atoms with Crippen molar-refractivity contribution in [1.82, 2.24) is 19.7 Å². The maximum Gasteiger partial charge on any atom is 0.269 e. The van der Waals surface area contributed by atoms with Crippen LogP contribution in [0.2, 0.25) is 0 Å². The van der Waals surface area contributed by atoms with Crippen molar-refractivity contribution in [3.8, 4) is 5.69 Å². The molecule has 0 saturated carbocycles. The maximum absolute atomic E-state index is 12.7. The zero-order chi connectivity index (χ0) is 22.6. The number of amides is 2. The lowest BCUT2D eigenvalue weighted by molar-refractivity contribution is -0.121. The van der Waals surface area contributed by atoms with Crippen LogP contribution in [0.5, 0.6) is 0 Å². The average Bonchev–Trinajstić information content (AvgIpc) is 3.53. The number of hydrogen-bond acceptors (Lipinski definition) is 4. The average molecular weight is 453 g/mol. The fraction of sp³-hybridized carbons (Fsp3) is 0.217. The molecule has 4 rings (SSSR count). The first kappa shape index (κ1) is 21.8. The first-order valence-corrected chi connectivity index (χ1v) is 11.8. The topological polar surface area (TPSA) is 101 Å². The van der Waals surface area contributed by atoms with Crippen LogP contribution in [-0.4, -0.2) is 42.2 Å². The van der Waals surface area contributed by atoms with E-state index in [4.69, 9.17) is 0 Å². The van der Waals surface area contributed by atoms with Crippen molar-refractivity contribution in [3.05, 3.63) is 84.2 Å². The van der Waals surface area contributed by atoms with Crippen molar-refractivity contribution in [2.45, 2.75) is 24.2 Å². The maximum atomic E-state index is 12.7. The fourth-order valence-electron chi connectivity index (χ4n) is 3.60. The Morgan fingerprint density at radius 2 is 1.56 bits per heavy atom. The van der Waals surface area contributed by atoms with Crippen LogP contribution >= 0.6 is 0 Å². The van der Waals surface area contributed by atoms with Crippen LogP contribution < -0.4 is 10.9 Å². The Kier molecular flexibility index (Phi) is 6.38. The van der Waals surface area contributed by atoms with E-state index in [0.717, 1.165) is 24.1 Å². The Balaban J connectivity index is 1.34. The molecule has 3 aromatic rings. The summed E-state index contributed by atoms with van der Waals surface area (Å²) in [5.74, 6) is -0.965. The van der Waals surface area contributed by atoms with Gasteiger partial charge in [0.25, 0.3) is 5.91 Å². The number of rotatable bonds is 6. The van der Waals surface area contributed by atoms with Gasteiger partial charge in [0.1, 0.15) is 0 Å². The van der Waals surface area contributed by atoms with Crippen molar-refractivity contribution >= 4 is 21.8 Å². The molecule has 9 heteroatoms. The Bertz CT molecular complexity index is 1200. The monoisotopic (exact) mass is 452 g/mol. The van der Waals surface area contributed by atoms with Crippen molar-refractivity contribution in [3.63, 3.8) is 0 Å². The van der Waals surface area contributed by atoms with E-state index in [2.05, 4.69) is 10.9 Å². The van der Waals surface area contributed by atoms with Crippen molar-refractivity contribution < 1.29 is 18.0 Å². The number of sulfonamides is 1. The third-order valence-electron chi connectivity index (χ3n) is 5.32. The highest BCUT2D eigenvalue weighted by Crippen LogP contribution is 2.21. The van der Waals surface area contributed by atoms with Gasteiger partial charge in [-0.2, -0.15) is 4.31 Å². The highest BCUT2D eigenvalue weighted by atomic mass is 32.2. The third-order valence-corrected chi connectivity index (χ3v) is 7.21. The van der Waals surface area contributed by atoms with E-state index < -0.39 is 15.9 Å². The van der Waals surface area contributed by atoms with Crippen LogP contribution in [0, 0.1) is 0 Å². The molecule has 1 saturated heterocycles. The first-order chi connectivity index (χ1) is 15.4. The van der Waals surface area contributed by atoms with Crippen LogP contribution in [0.25, 0.3) is 5.69 Å². The van der Waals surface area contributed by atoms with Crippen molar-refractivity contribution in [1.29, 1.82) is 0 Å². The fourth-order valence-corrected chi connectivity index (χ4v) is 5.16.